The third-order valence-electron chi connectivity index (χ3n) is 1.62. The molecule has 0 unspecified atom stereocenters. The lowest BCUT2D eigenvalue weighted by molar-refractivity contribution is 1.21. The van der Waals surface area contributed by atoms with Crippen LogP contribution in [0.5, 0.6) is 0 Å². The fourth-order valence-corrected chi connectivity index (χ4v) is 1.38. The molecular weight excluding hydrogens is 204 g/mol. The van der Waals surface area contributed by atoms with Crippen LogP contribution in [0.2, 0.25) is 5.02 Å². The number of thiocarbonyl (C=S) groups is 1. The van der Waals surface area contributed by atoms with E-state index in [1.165, 1.54) is 0 Å². The molecule has 0 atom stereocenters. The molecule has 0 saturated carbocycles. The van der Waals surface area contributed by atoms with Gasteiger partial charge in [-0.15, -0.1) is 0 Å². The lowest BCUT2D eigenvalue weighted by Gasteiger charge is -2.06. The van der Waals surface area contributed by atoms with E-state index in [4.69, 9.17) is 29.6 Å². The van der Waals surface area contributed by atoms with Crippen molar-refractivity contribution in [2.24, 2.45) is 5.73 Å². The summed E-state index contributed by atoms with van der Waals surface area (Å²) in [5.74, 6) is 0. The minimum absolute atomic E-state index is 0.366. The number of anilines is 1. The molecule has 4 heteroatoms. The summed E-state index contributed by atoms with van der Waals surface area (Å²) in [5, 5.41) is 3.77. The maximum Gasteiger partial charge on any atom is 0.104 e. The van der Waals surface area contributed by atoms with Crippen molar-refractivity contribution in [1.29, 1.82) is 0 Å². The van der Waals surface area contributed by atoms with Gasteiger partial charge in [0.05, 0.1) is 10.7 Å². The number of rotatable bonds is 3. The average Bonchev–Trinajstić information content (AvgIpc) is 2.08. The Hall–Kier alpha value is -0.800. The molecule has 1 aromatic rings. The highest BCUT2D eigenvalue weighted by molar-refractivity contribution is 7.80. The number of halogens is 1. The lowest BCUT2D eigenvalue weighted by Crippen LogP contribution is -2.09. The van der Waals surface area contributed by atoms with Crippen molar-refractivity contribution in [3.05, 3.63) is 28.8 Å². The van der Waals surface area contributed by atoms with Crippen LogP contribution in [0.15, 0.2) is 18.2 Å². The molecule has 0 aliphatic rings. The molecule has 0 heterocycles. The molecule has 0 aliphatic carbocycles. The van der Waals surface area contributed by atoms with Gasteiger partial charge in [-0.1, -0.05) is 23.8 Å². The smallest absolute Gasteiger partial charge is 0.104 e. The van der Waals surface area contributed by atoms with E-state index in [2.05, 4.69) is 5.32 Å². The van der Waals surface area contributed by atoms with Crippen LogP contribution in [0.3, 0.4) is 0 Å². The summed E-state index contributed by atoms with van der Waals surface area (Å²) in [7, 11) is 0. The largest absolute Gasteiger partial charge is 0.389 e. The Balaban J connectivity index is 2.98. The van der Waals surface area contributed by atoms with Gasteiger partial charge in [0, 0.05) is 12.1 Å². The van der Waals surface area contributed by atoms with Gasteiger partial charge in [-0.05, 0) is 25.1 Å². The number of nitrogens with one attached hydrogen (secondary N) is 1. The van der Waals surface area contributed by atoms with Crippen LogP contribution in [0.25, 0.3) is 0 Å². The Labute approximate surface area is 88.1 Å². The zero-order valence-electron chi connectivity index (χ0n) is 7.30. The van der Waals surface area contributed by atoms with Crippen molar-refractivity contribution in [1.82, 2.24) is 0 Å². The standard InChI is InChI=1S/C9H11ClN2S/c1-2-12-8-4-3-6(9(11)13)5-7(8)10/h3-5,12H,2H2,1H3,(H2,11,13). The molecule has 0 amide bonds. The normalized spacial score (nSPS) is 9.69. The summed E-state index contributed by atoms with van der Waals surface area (Å²) in [5.41, 5.74) is 7.16. The fraction of sp³-hybridized carbons (Fsp3) is 0.222. The second kappa shape index (κ2) is 4.44. The van der Waals surface area contributed by atoms with E-state index in [1.807, 2.05) is 19.1 Å². The molecule has 13 heavy (non-hydrogen) atoms. The van der Waals surface area contributed by atoms with Crippen LogP contribution < -0.4 is 11.1 Å². The summed E-state index contributed by atoms with van der Waals surface area (Å²) in [6.45, 7) is 2.85. The SMILES string of the molecule is CCNc1ccc(C(N)=S)cc1Cl. The predicted molar refractivity (Wildman–Crippen MR) is 61.5 cm³/mol. The Morgan fingerprint density at radius 2 is 2.31 bits per heavy atom. The summed E-state index contributed by atoms with van der Waals surface area (Å²) in [6, 6.07) is 5.49. The van der Waals surface area contributed by atoms with Crippen molar-refractivity contribution in [3.8, 4) is 0 Å². The topological polar surface area (TPSA) is 38.0 Å². The number of hydrogen-bond donors (Lipinski definition) is 2. The van der Waals surface area contributed by atoms with E-state index in [9.17, 15) is 0 Å². The zero-order valence-corrected chi connectivity index (χ0v) is 8.88. The Morgan fingerprint density at radius 3 is 2.77 bits per heavy atom. The van der Waals surface area contributed by atoms with Gasteiger partial charge in [-0.25, -0.2) is 0 Å². The van der Waals surface area contributed by atoms with Crippen molar-refractivity contribution in [3.63, 3.8) is 0 Å². The van der Waals surface area contributed by atoms with Gasteiger partial charge in [0.1, 0.15) is 4.99 Å². The van der Waals surface area contributed by atoms with Gasteiger partial charge in [0.2, 0.25) is 0 Å². The summed E-state index contributed by atoms with van der Waals surface area (Å²) >= 11 is 10.8. The molecular formula is C9H11ClN2S. The van der Waals surface area contributed by atoms with E-state index in [0.29, 0.717) is 10.0 Å². The molecule has 70 valence electrons. The van der Waals surface area contributed by atoms with E-state index in [0.717, 1.165) is 17.8 Å². The highest BCUT2D eigenvalue weighted by Crippen LogP contribution is 2.22. The zero-order chi connectivity index (χ0) is 9.84. The predicted octanol–water partition coefficient (Wildman–Crippen LogP) is 2.41. The molecule has 0 radical (unpaired) electrons. The van der Waals surface area contributed by atoms with Crippen LogP contribution in [-0.2, 0) is 0 Å². The van der Waals surface area contributed by atoms with Gasteiger partial charge in [-0.2, -0.15) is 0 Å². The van der Waals surface area contributed by atoms with Crippen molar-refractivity contribution >= 4 is 34.5 Å². The molecule has 1 rings (SSSR count). The number of nitrogens with two attached hydrogens (primary N) is 1. The summed E-state index contributed by atoms with van der Waals surface area (Å²) in [6.07, 6.45) is 0. The first-order valence-corrected chi connectivity index (χ1v) is 4.77. The molecule has 0 saturated heterocycles. The van der Waals surface area contributed by atoms with Crippen molar-refractivity contribution in [2.75, 3.05) is 11.9 Å². The Bertz CT molecular complexity index is 325. The van der Waals surface area contributed by atoms with Crippen LogP contribution in [0.4, 0.5) is 5.69 Å². The van der Waals surface area contributed by atoms with Gasteiger partial charge >= 0.3 is 0 Å². The van der Waals surface area contributed by atoms with Crippen molar-refractivity contribution < 1.29 is 0 Å². The minimum atomic E-state index is 0.366. The number of benzene rings is 1. The molecule has 0 aromatic heterocycles. The first-order chi connectivity index (χ1) is 6.15. The average molecular weight is 215 g/mol. The maximum atomic E-state index is 5.97. The van der Waals surface area contributed by atoms with E-state index in [1.54, 1.807) is 6.07 Å². The maximum absolute atomic E-state index is 5.97. The summed E-state index contributed by atoms with van der Waals surface area (Å²) in [4.78, 5) is 0.366. The monoisotopic (exact) mass is 214 g/mol. The first-order valence-electron chi connectivity index (χ1n) is 3.98. The molecule has 0 spiro atoms. The summed E-state index contributed by atoms with van der Waals surface area (Å²) < 4.78 is 0. The highest BCUT2D eigenvalue weighted by Gasteiger charge is 2.01. The van der Waals surface area contributed by atoms with Gasteiger partial charge in [0.25, 0.3) is 0 Å². The molecule has 0 fully saturated rings. The highest BCUT2D eigenvalue weighted by atomic mass is 35.5. The van der Waals surface area contributed by atoms with Crippen LogP contribution >= 0.6 is 23.8 Å². The van der Waals surface area contributed by atoms with Crippen LogP contribution in [0.1, 0.15) is 12.5 Å². The minimum Gasteiger partial charge on any atom is -0.389 e. The van der Waals surface area contributed by atoms with Gasteiger partial charge in [-0.3, -0.25) is 0 Å². The van der Waals surface area contributed by atoms with E-state index < -0.39 is 0 Å². The van der Waals surface area contributed by atoms with E-state index >= 15 is 0 Å². The second-order valence-electron chi connectivity index (χ2n) is 2.59. The number of hydrogen-bond acceptors (Lipinski definition) is 2. The molecule has 2 nitrogen and oxygen atoms in total. The Kier molecular flexibility index (Phi) is 3.51. The molecule has 0 bridgehead atoms. The second-order valence-corrected chi connectivity index (χ2v) is 3.44. The van der Waals surface area contributed by atoms with Gasteiger partial charge in [0.15, 0.2) is 0 Å². The molecule has 1 aromatic carbocycles. The first kappa shape index (κ1) is 10.3. The molecule has 3 N–H and O–H groups in total. The Morgan fingerprint density at radius 1 is 1.62 bits per heavy atom. The van der Waals surface area contributed by atoms with E-state index in [-0.39, 0.29) is 0 Å². The quantitative estimate of drug-likeness (QED) is 0.759. The van der Waals surface area contributed by atoms with Crippen LogP contribution in [0, 0.1) is 0 Å². The third-order valence-corrected chi connectivity index (χ3v) is 2.17. The molecule has 0 aliphatic heterocycles. The third kappa shape index (κ3) is 2.57. The fourth-order valence-electron chi connectivity index (χ4n) is 1.00. The van der Waals surface area contributed by atoms with Gasteiger partial charge < -0.3 is 11.1 Å². The lowest BCUT2D eigenvalue weighted by atomic mass is 10.2. The van der Waals surface area contributed by atoms with Crippen LogP contribution in [-0.4, -0.2) is 11.5 Å². The van der Waals surface area contributed by atoms with Crippen molar-refractivity contribution in [2.45, 2.75) is 6.92 Å².